The van der Waals surface area contributed by atoms with E-state index in [2.05, 4.69) is 11.4 Å². The first-order valence-corrected chi connectivity index (χ1v) is 11.0. The summed E-state index contributed by atoms with van der Waals surface area (Å²) in [6.07, 6.45) is 3.18. The molecule has 1 amide bonds. The van der Waals surface area contributed by atoms with Crippen LogP contribution in [-0.2, 0) is 4.74 Å². The Labute approximate surface area is 195 Å². The lowest BCUT2D eigenvalue weighted by atomic mass is 9.91. The third-order valence-electron chi connectivity index (χ3n) is 4.80. The fourth-order valence-electron chi connectivity index (χ4n) is 3.47. The molecule has 1 aliphatic heterocycles. The topological polar surface area (TPSA) is 61.9 Å². The molecular weight excluding hydrogens is 426 g/mol. The third-order valence-corrected chi connectivity index (χ3v) is 5.04. The van der Waals surface area contributed by atoms with Crippen LogP contribution in [0.1, 0.15) is 40.9 Å². The quantitative estimate of drug-likeness (QED) is 0.612. The van der Waals surface area contributed by atoms with Gasteiger partial charge in [0.25, 0.3) is 0 Å². The van der Waals surface area contributed by atoms with Gasteiger partial charge in [-0.05, 0) is 69.9 Å². The second-order valence-corrected chi connectivity index (χ2v) is 8.29. The lowest BCUT2D eigenvalue weighted by Gasteiger charge is -2.34. The first-order chi connectivity index (χ1) is 15.3. The minimum atomic E-state index is -0.362. The first kappa shape index (κ1) is 25.4. The molecule has 7 heteroatoms. The van der Waals surface area contributed by atoms with Crippen molar-refractivity contribution in [3.05, 3.63) is 70.3 Å². The van der Waals surface area contributed by atoms with Crippen LogP contribution < -0.4 is 5.32 Å². The molecule has 3 rings (SSSR count). The van der Waals surface area contributed by atoms with Crippen LogP contribution in [0, 0.1) is 0 Å². The van der Waals surface area contributed by atoms with Gasteiger partial charge in [0.1, 0.15) is 6.29 Å². The van der Waals surface area contributed by atoms with Gasteiger partial charge in [-0.2, -0.15) is 0 Å². The number of nitrogens with zero attached hydrogens (tertiary/aromatic N) is 2. The largest absolute Gasteiger partial charge is 0.450 e. The number of anilines is 1. The molecule has 1 unspecified atom stereocenters. The van der Waals surface area contributed by atoms with Gasteiger partial charge in [0, 0.05) is 35.4 Å². The summed E-state index contributed by atoms with van der Waals surface area (Å²) >= 11 is 6.23. The standard InChI is InChI=1S/C22H23ClN2O3.C3H9N/c1-3-28-22(27)25-10-9-16(19-13-18(23)7-8-20(19)24-2)12-21(25)17-6-4-5-15(11-17)14-26;1-4(2)3/h4-8,11-14,21,24H,3,9-10H2,1-2H3;1-3H3. The van der Waals surface area contributed by atoms with Crippen LogP contribution in [0.5, 0.6) is 0 Å². The second-order valence-electron chi connectivity index (χ2n) is 7.85. The highest BCUT2D eigenvalue weighted by Gasteiger charge is 2.29. The van der Waals surface area contributed by atoms with Crippen LogP contribution >= 0.6 is 11.6 Å². The van der Waals surface area contributed by atoms with Crippen molar-refractivity contribution in [3.63, 3.8) is 0 Å². The summed E-state index contributed by atoms with van der Waals surface area (Å²) in [6.45, 7) is 2.61. The molecule has 0 spiro atoms. The smallest absolute Gasteiger partial charge is 0.410 e. The Morgan fingerprint density at radius 2 is 1.97 bits per heavy atom. The van der Waals surface area contributed by atoms with E-state index >= 15 is 0 Å². The van der Waals surface area contributed by atoms with Crippen molar-refractivity contribution >= 4 is 35.2 Å². The van der Waals surface area contributed by atoms with Crippen molar-refractivity contribution in [2.75, 3.05) is 46.7 Å². The minimum Gasteiger partial charge on any atom is -0.450 e. The van der Waals surface area contributed by atoms with Crippen LogP contribution in [-0.4, -0.2) is 63.5 Å². The maximum atomic E-state index is 12.5. The van der Waals surface area contributed by atoms with E-state index in [0.717, 1.165) is 28.7 Å². The average molecular weight is 458 g/mol. The first-order valence-electron chi connectivity index (χ1n) is 10.6. The molecule has 1 heterocycles. The Hall–Kier alpha value is -2.83. The molecule has 0 aromatic heterocycles. The Morgan fingerprint density at radius 1 is 1.25 bits per heavy atom. The summed E-state index contributed by atoms with van der Waals surface area (Å²) in [5, 5.41) is 3.85. The summed E-state index contributed by atoms with van der Waals surface area (Å²) in [5.74, 6) is 0. The molecule has 172 valence electrons. The molecular formula is C25H32ClN3O3. The average Bonchev–Trinajstić information content (AvgIpc) is 2.78. The number of carbonyl (C=O) groups is 2. The normalized spacial score (nSPS) is 15.4. The zero-order valence-electron chi connectivity index (χ0n) is 19.4. The van der Waals surface area contributed by atoms with Crippen LogP contribution in [0.2, 0.25) is 5.02 Å². The molecule has 6 nitrogen and oxygen atoms in total. The predicted octanol–water partition coefficient (Wildman–Crippen LogP) is 5.36. The summed E-state index contributed by atoms with van der Waals surface area (Å²) in [4.78, 5) is 27.4. The van der Waals surface area contributed by atoms with Crippen LogP contribution in [0.15, 0.2) is 48.5 Å². The van der Waals surface area contributed by atoms with Crippen molar-refractivity contribution in [1.29, 1.82) is 0 Å². The Balaban J connectivity index is 0.000000837. The highest BCUT2D eigenvalue weighted by molar-refractivity contribution is 6.30. The van der Waals surface area contributed by atoms with Crippen molar-refractivity contribution in [2.24, 2.45) is 0 Å². The van der Waals surface area contributed by atoms with Gasteiger partial charge >= 0.3 is 6.09 Å². The molecule has 1 aliphatic rings. The molecule has 32 heavy (non-hydrogen) atoms. The summed E-state index contributed by atoms with van der Waals surface area (Å²) in [6, 6.07) is 12.7. The number of benzene rings is 2. The Kier molecular flexibility index (Phi) is 9.75. The van der Waals surface area contributed by atoms with Gasteiger partial charge < -0.3 is 15.0 Å². The van der Waals surface area contributed by atoms with E-state index in [9.17, 15) is 9.59 Å². The summed E-state index contributed by atoms with van der Waals surface area (Å²) in [5.41, 5.74) is 4.51. The number of carbonyl (C=O) groups excluding carboxylic acids is 2. The van der Waals surface area contributed by atoms with Gasteiger partial charge in [0.2, 0.25) is 0 Å². The van der Waals surface area contributed by atoms with E-state index < -0.39 is 0 Å². The van der Waals surface area contributed by atoms with Gasteiger partial charge in [-0.3, -0.25) is 9.69 Å². The van der Waals surface area contributed by atoms with Gasteiger partial charge in [-0.15, -0.1) is 0 Å². The summed E-state index contributed by atoms with van der Waals surface area (Å²) in [7, 11) is 7.87. The molecule has 0 radical (unpaired) electrons. The molecule has 0 saturated carbocycles. The Morgan fingerprint density at radius 3 is 2.59 bits per heavy atom. The SMILES string of the molecule is CCOC(=O)N1CCC(c2cc(Cl)ccc2NC)=CC1c1cccc(C=O)c1.CN(C)C. The van der Waals surface area contributed by atoms with Crippen molar-refractivity contribution in [2.45, 2.75) is 19.4 Å². The van der Waals surface area contributed by atoms with E-state index in [1.54, 1.807) is 24.0 Å². The number of hydrogen-bond donors (Lipinski definition) is 1. The molecule has 0 fully saturated rings. The third kappa shape index (κ3) is 6.84. The van der Waals surface area contributed by atoms with E-state index in [1.807, 2.05) is 63.4 Å². The predicted molar refractivity (Wildman–Crippen MR) is 132 cm³/mol. The van der Waals surface area contributed by atoms with Crippen molar-refractivity contribution in [3.8, 4) is 0 Å². The number of aldehydes is 1. The number of amides is 1. The highest BCUT2D eigenvalue weighted by Crippen LogP contribution is 2.37. The monoisotopic (exact) mass is 457 g/mol. The highest BCUT2D eigenvalue weighted by atomic mass is 35.5. The van der Waals surface area contributed by atoms with Gasteiger partial charge in [0.15, 0.2) is 0 Å². The maximum absolute atomic E-state index is 12.5. The molecule has 2 aromatic carbocycles. The van der Waals surface area contributed by atoms with Gasteiger partial charge in [-0.1, -0.05) is 35.9 Å². The number of rotatable bonds is 5. The lowest BCUT2D eigenvalue weighted by molar-refractivity contribution is 0.0968. The maximum Gasteiger partial charge on any atom is 0.410 e. The second kappa shape index (κ2) is 12.3. The molecule has 1 N–H and O–H groups in total. The number of halogens is 1. The van der Waals surface area contributed by atoms with Crippen LogP contribution in [0.25, 0.3) is 5.57 Å². The minimum absolute atomic E-state index is 0.311. The van der Waals surface area contributed by atoms with E-state index in [1.165, 1.54) is 0 Å². The molecule has 1 atom stereocenters. The zero-order valence-corrected chi connectivity index (χ0v) is 20.1. The van der Waals surface area contributed by atoms with Gasteiger partial charge in [-0.25, -0.2) is 4.79 Å². The summed E-state index contributed by atoms with van der Waals surface area (Å²) < 4.78 is 5.25. The van der Waals surface area contributed by atoms with Crippen molar-refractivity contribution < 1.29 is 14.3 Å². The van der Waals surface area contributed by atoms with E-state index in [-0.39, 0.29) is 12.1 Å². The molecule has 0 aliphatic carbocycles. The van der Waals surface area contributed by atoms with Crippen LogP contribution in [0.3, 0.4) is 0 Å². The number of nitrogens with one attached hydrogen (secondary N) is 1. The van der Waals surface area contributed by atoms with E-state index in [0.29, 0.717) is 30.2 Å². The molecule has 0 bridgehead atoms. The van der Waals surface area contributed by atoms with Crippen LogP contribution in [0.4, 0.5) is 10.5 Å². The number of ether oxygens (including phenoxy) is 1. The molecule has 2 aromatic rings. The molecule has 0 saturated heterocycles. The van der Waals surface area contributed by atoms with Crippen molar-refractivity contribution in [1.82, 2.24) is 9.80 Å². The lowest BCUT2D eigenvalue weighted by Crippen LogP contribution is -2.38. The fourth-order valence-corrected chi connectivity index (χ4v) is 3.64. The number of hydrogen-bond acceptors (Lipinski definition) is 5. The zero-order chi connectivity index (χ0) is 23.7. The van der Waals surface area contributed by atoms with E-state index in [4.69, 9.17) is 16.3 Å². The Bertz CT molecular complexity index is 956. The fraction of sp³-hybridized carbons (Fsp3) is 0.360. The van der Waals surface area contributed by atoms with Gasteiger partial charge in [0.05, 0.1) is 12.6 Å².